The zero-order chi connectivity index (χ0) is 14.5. The van der Waals surface area contributed by atoms with Gasteiger partial charge in [-0.15, -0.1) is 0 Å². The normalized spacial score (nSPS) is 16.2. The molecule has 1 saturated heterocycles. The Hall–Kier alpha value is -1.75. The second-order valence-electron chi connectivity index (χ2n) is 5.06. The Morgan fingerprint density at radius 2 is 2.00 bits per heavy atom. The van der Waals surface area contributed by atoms with E-state index in [-0.39, 0.29) is 5.97 Å². The van der Waals surface area contributed by atoms with E-state index in [4.69, 9.17) is 10.5 Å². The van der Waals surface area contributed by atoms with E-state index in [1.165, 1.54) is 13.5 Å². The molecule has 0 aliphatic carbocycles. The van der Waals surface area contributed by atoms with E-state index >= 15 is 0 Å². The number of carbonyl (C=O) groups is 1. The zero-order valence-electron chi connectivity index (χ0n) is 12.3. The summed E-state index contributed by atoms with van der Waals surface area (Å²) in [6.45, 7) is 7.30. The van der Waals surface area contributed by atoms with Crippen molar-refractivity contribution in [1.82, 2.24) is 4.90 Å². The van der Waals surface area contributed by atoms with Crippen molar-refractivity contribution in [2.24, 2.45) is 0 Å². The highest BCUT2D eigenvalue weighted by atomic mass is 16.5. The quantitative estimate of drug-likeness (QED) is 0.669. The van der Waals surface area contributed by atoms with Gasteiger partial charge in [0.25, 0.3) is 0 Å². The molecule has 20 heavy (non-hydrogen) atoms. The first-order chi connectivity index (χ1) is 9.67. The summed E-state index contributed by atoms with van der Waals surface area (Å²) in [5, 5.41) is 0. The van der Waals surface area contributed by atoms with Crippen molar-refractivity contribution in [2.75, 3.05) is 50.5 Å². The van der Waals surface area contributed by atoms with Crippen molar-refractivity contribution < 1.29 is 9.53 Å². The van der Waals surface area contributed by atoms with Crippen LogP contribution in [0.3, 0.4) is 0 Å². The topological polar surface area (TPSA) is 58.8 Å². The summed E-state index contributed by atoms with van der Waals surface area (Å²) >= 11 is 0. The molecule has 1 aliphatic rings. The lowest BCUT2D eigenvalue weighted by atomic mass is 10.1. The van der Waals surface area contributed by atoms with Gasteiger partial charge in [0, 0.05) is 26.2 Å². The summed E-state index contributed by atoms with van der Waals surface area (Å²) in [6.07, 6.45) is 1.18. The molecule has 0 saturated carbocycles. The molecule has 2 rings (SSSR count). The summed E-state index contributed by atoms with van der Waals surface area (Å²) in [5.41, 5.74) is 8.02. The number of carbonyl (C=O) groups excluding carboxylic acids is 1. The minimum Gasteiger partial charge on any atom is -0.465 e. The number of piperazine rings is 1. The van der Waals surface area contributed by atoms with Gasteiger partial charge in [-0.2, -0.15) is 0 Å². The number of ether oxygens (including phenoxy) is 1. The third-order valence-electron chi connectivity index (χ3n) is 3.74. The molecule has 0 bridgehead atoms. The zero-order valence-corrected chi connectivity index (χ0v) is 12.3. The third-order valence-corrected chi connectivity index (χ3v) is 3.74. The molecule has 1 aromatic carbocycles. The molecular weight excluding hydrogens is 254 g/mol. The van der Waals surface area contributed by atoms with Gasteiger partial charge in [0.05, 0.1) is 24.0 Å². The predicted octanol–water partition coefficient (Wildman–Crippen LogP) is 1.59. The highest BCUT2D eigenvalue weighted by Gasteiger charge is 2.20. The Balaban J connectivity index is 2.12. The monoisotopic (exact) mass is 277 g/mol. The van der Waals surface area contributed by atoms with Gasteiger partial charge >= 0.3 is 5.97 Å². The molecule has 0 spiro atoms. The highest BCUT2D eigenvalue weighted by Crippen LogP contribution is 2.28. The average molecular weight is 277 g/mol. The van der Waals surface area contributed by atoms with Crippen molar-refractivity contribution in [2.45, 2.75) is 13.3 Å². The van der Waals surface area contributed by atoms with Crippen molar-refractivity contribution in [3.63, 3.8) is 0 Å². The minimum absolute atomic E-state index is 0.381. The van der Waals surface area contributed by atoms with Crippen molar-refractivity contribution in [3.8, 4) is 0 Å². The SMILES string of the molecule is CCCN1CCN(c2cccc(C(=O)OC)c2N)CC1. The van der Waals surface area contributed by atoms with Gasteiger partial charge in [-0.05, 0) is 25.1 Å². The number of rotatable bonds is 4. The van der Waals surface area contributed by atoms with Crippen LogP contribution < -0.4 is 10.6 Å². The molecule has 0 radical (unpaired) electrons. The van der Waals surface area contributed by atoms with Crippen molar-refractivity contribution in [3.05, 3.63) is 23.8 Å². The summed E-state index contributed by atoms with van der Waals surface area (Å²) in [6, 6.07) is 5.53. The highest BCUT2D eigenvalue weighted by molar-refractivity contribution is 5.98. The first-order valence-electron chi connectivity index (χ1n) is 7.11. The van der Waals surface area contributed by atoms with Crippen molar-refractivity contribution in [1.29, 1.82) is 0 Å². The van der Waals surface area contributed by atoms with Crippen molar-refractivity contribution >= 4 is 17.3 Å². The van der Waals surface area contributed by atoms with E-state index in [1.807, 2.05) is 12.1 Å². The van der Waals surface area contributed by atoms with Crippen LogP contribution in [-0.2, 0) is 4.74 Å². The molecular formula is C15H23N3O2. The lowest BCUT2D eigenvalue weighted by Gasteiger charge is -2.36. The van der Waals surface area contributed by atoms with Gasteiger partial charge in [-0.1, -0.05) is 13.0 Å². The first kappa shape index (κ1) is 14.7. The molecule has 1 aromatic rings. The Bertz CT molecular complexity index is 468. The number of nitrogens with two attached hydrogens (primary N) is 1. The molecule has 0 unspecified atom stereocenters. The van der Waals surface area contributed by atoms with Crippen LogP contribution in [-0.4, -0.2) is 50.7 Å². The number of hydrogen-bond acceptors (Lipinski definition) is 5. The maximum atomic E-state index is 11.7. The lowest BCUT2D eigenvalue weighted by molar-refractivity contribution is 0.0602. The number of esters is 1. The van der Waals surface area contributed by atoms with Crippen LogP contribution in [0.2, 0.25) is 0 Å². The van der Waals surface area contributed by atoms with E-state index in [0.29, 0.717) is 11.3 Å². The van der Waals surface area contributed by atoms with E-state index < -0.39 is 0 Å². The maximum absolute atomic E-state index is 11.7. The molecule has 0 amide bonds. The van der Waals surface area contributed by atoms with Crippen LogP contribution in [0.25, 0.3) is 0 Å². The summed E-state index contributed by atoms with van der Waals surface area (Å²) in [4.78, 5) is 16.4. The summed E-state index contributed by atoms with van der Waals surface area (Å²) < 4.78 is 4.76. The number of nitrogen functional groups attached to an aromatic ring is 1. The van der Waals surface area contributed by atoms with Crippen LogP contribution in [0.5, 0.6) is 0 Å². The van der Waals surface area contributed by atoms with E-state index in [0.717, 1.165) is 38.4 Å². The number of anilines is 2. The average Bonchev–Trinajstić information content (AvgIpc) is 2.48. The summed E-state index contributed by atoms with van der Waals surface area (Å²) in [7, 11) is 1.37. The van der Waals surface area contributed by atoms with Crippen LogP contribution in [0.15, 0.2) is 18.2 Å². The number of para-hydroxylation sites is 1. The van der Waals surface area contributed by atoms with Crippen LogP contribution in [0.1, 0.15) is 23.7 Å². The third kappa shape index (κ3) is 3.04. The number of hydrogen-bond donors (Lipinski definition) is 1. The van der Waals surface area contributed by atoms with Gasteiger partial charge < -0.3 is 15.4 Å². The van der Waals surface area contributed by atoms with Gasteiger partial charge in [-0.25, -0.2) is 4.79 Å². The molecule has 5 heteroatoms. The second kappa shape index (κ2) is 6.61. The van der Waals surface area contributed by atoms with Gasteiger partial charge in [0.2, 0.25) is 0 Å². The molecule has 0 aromatic heterocycles. The molecule has 0 atom stereocenters. The van der Waals surface area contributed by atoms with E-state index in [1.54, 1.807) is 6.07 Å². The minimum atomic E-state index is -0.381. The lowest BCUT2D eigenvalue weighted by Crippen LogP contribution is -2.46. The molecule has 5 nitrogen and oxygen atoms in total. The smallest absolute Gasteiger partial charge is 0.340 e. The fourth-order valence-corrected chi connectivity index (χ4v) is 2.65. The number of benzene rings is 1. The molecule has 1 aliphatic heterocycles. The van der Waals surface area contributed by atoms with Crippen LogP contribution in [0.4, 0.5) is 11.4 Å². The van der Waals surface area contributed by atoms with E-state index in [2.05, 4.69) is 16.7 Å². The number of nitrogens with zero attached hydrogens (tertiary/aromatic N) is 2. The molecule has 1 heterocycles. The van der Waals surface area contributed by atoms with Crippen LogP contribution >= 0.6 is 0 Å². The maximum Gasteiger partial charge on any atom is 0.340 e. The Morgan fingerprint density at radius 1 is 1.30 bits per heavy atom. The van der Waals surface area contributed by atoms with Gasteiger partial charge in [0.15, 0.2) is 0 Å². The molecule has 1 fully saturated rings. The largest absolute Gasteiger partial charge is 0.465 e. The molecule has 110 valence electrons. The van der Waals surface area contributed by atoms with Gasteiger partial charge in [0.1, 0.15) is 0 Å². The Kier molecular flexibility index (Phi) is 4.84. The molecule has 2 N–H and O–H groups in total. The van der Waals surface area contributed by atoms with E-state index in [9.17, 15) is 4.79 Å². The predicted molar refractivity (Wildman–Crippen MR) is 81.1 cm³/mol. The first-order valence-corrected chi connectivity index (χ1v) is 7.11. The second-order valence-corrected chi connectivity index (χ2v) is 5.06. The number of methoxy groups -OCH3 is 1. The Morgan fingerprint density at radius 3 is 2.60 bits per heavy atom. The Labute approximate surface area is 120 Å². The summed E-state index contributed by atoms with van der Waals surface area (Å²) in [5.74, 6) is -0.381. The fourth-order valence-electron chi connectivity index (χ4n) is 2.65. The standard InChI is InChI=1S/C15H23N3O2/c1-3-7-17-8-10-18(11-9-17)13-6-4-5-12(14(13)16)15(19)20-2/h4-6H,3,7-11,16H2,1-2H3. The van der Waals surface area contributed by atoms with Crippen LogP contribution in [0, 0.1) is 0 Å². The fraction of sp³-hybridized carbons (Fsp3) is 0.533. The van der Waals surface area contributed by atoms with Gasteiger partial charge in [-0.3, -0.25) is 4.90 Å².